The van der Waals surface area contributed by atoms with E-state index in [0.717, 1.165) is 12.8 Å². The van der Waals surface area contributed by atoms with Crippen molar-refractivity contribution < 1.29 is 8.91 Å². The fourth-order valence-corrected chi connectivity index (χ4v) is 3.57. The molecule has 0 saturated carbocycles. The van der Waals surface area contributed by atoms with E-state index in [1.165, 1.54) is 21.3 Å². The fourth-order valence-electron chi connectivity index (χ4n) is 3.39. The number of imidazole rings is 1. The number of pyridine rings is 1. The van der Waals surface area contributed by atoms with Gasteiger partial charge in [0.1, 0.15) is 5.69 Å². The predicted octanol–water partition coefficient (Wildman–Crippen LogP) is 2.95. The number of H-pyrrole nitrogens is 1. The van der Waals surface area contributed by atoms with E-state index >= 15 is 0 Å². The molecule has 4 aromatic rings. The second kappa shape index (κ2) is 9.43. The van der Waals surface area contributed by atoms with E-state index in [1.54, 1.807) is 6.07 Å². The smallest absolute Gasteiger partial charge is 0.332 e. The molecule has 0 radical (unpaired) electrons. The van der Waals surface area contributed by atoms with Crippen LogP contribution in [0.5, 0.6) is 0 Å². The molecule has 0 aliphatic rings. The lowest BCUT2D eigenvalue weighted by Crippen LogP contribution is -2.40. The summed E-state index contributed by atoms with van der Waals surface area (Å²) in [4.78, 5) is 40.5. The average molecular weight is 462 g/mol. The van der Waals surface area contributed by atoms with Crippen LogP contribution in [0.2, 0.25) is 5.28 Å². The first kappa shape index (κ1) is 21.9. The number of aromatic nitrogens is 7. The van der Waals surface area contributed by atoms with Gasteiger partial charge in [-0.05, 0) is 43.0 Å². The Bertz CT molecular complexity index is 1360. The molecule has 168 valence electrons. The van der Waals surface area contributed by atoms with Crippen molar-refractivity contribution in [2.24, 2.45) is 0 Å². The number of nitrogens with one attached hydrogen (secondary N) is 1. The van der Waals surface area contributed by atoms with Crippen LogP contribution in [0.1, 0.15) is 38.4 Å². The van der Waals surface area contributed by atoms with E-state index in [-0.39, 0.29) is 34.6 Å². The molecular weight excluding hydrogens is 441 g/mol. The first-order valence-electron chi connectivity index (χ1n) is 10.3. The minimum Gasteiger partial charge on any atom is -0.332 e. The number of fused-ring (bicyclic) bond motifs is 1. The Balaban J connectivity index is 1.46. The van der Waals surface area contributed by atoms with Crippen molar-refractivity contribution >= 4 is 22.8 Å². The Labute approximate surface area is 186 Å². The van der Waals surface area contributed by atoms with Gasteiger partial charge in [-0.1, -0.05) is 24.6 Å². The third-order valence-electron chi connectivity index (χ3n) is 5.00. The van der Waals surface area contributed by atoms with Crippen molar-refractivity contribution in [3.63, 3.8) is 0 Å². The summed E-state index contributed by atoms with van der Waals surface area (Å²) in [5.41, 5.74) is -0.0974. The van der Waals surface area contributed by atoms with Gasteiger partial charge in [0, 0.05) is 19.5 Å². The number of unbranched alkanes of at least 4 members (excludes halogenated alkanes) is 2. The second-order valence-corrected chi connectivity index (χ2v) is 7.65. The molecule has 0 fully saturated rings. The van der Waals surface area contributed by atoms with Crippen LogP contribution in [0.25, 0.3) is 22.7 Å². The minimum absolute atomic E-state index is 0.0696. The summed E-state index contributed by atoms with van der Waals surface area (Å²) in [6.07, 6.45) is 3.29. The molecule has 4 heterocycles. The molecule has 0 atom stereocenters. The molecule has 0 aliphatic heterocycles. The van der Waals surface area contributed by atoms with Crippen LogP contribution in [0.15, 0.2) is 32.3 Å². The standard InChI is InChI=1S/C20H21ClFN7O3/c1-2-3-10-28-16-15(25-19(21)26-16)18(30)29(20(28)31)11-5-4-9-14-24-17(32-27-14)12-7-6-8-13(22)23-12/h6-8H,2-5,9-11H2,1H3,(H,25,26). The van der Waals surface area contributed by atoms with Crippen molar-refractivity contribution in [1.29, 1.82) is 0 Å². The summed E-state index contributed by atoms with van der Waals surface area (Å²) in [5, 5.41) is 3.95. The number of rotatable bonds is 9. The van der Waals surface area contributed by atoms with Gasteiger partial charge in [0.05, 0.1) is 0 Å². The van der Waals surface area contributed by atoms with Crippen LogP contribution in [0.3, 0.4) is 0 Å². The maximum atomic E-state index is 13.3. The first-order valence-corrected chi connectivity index (χ1v) is 10.7. The van der Waals surface area contributed by atoms with Crippen molar-refractivity contribution in [2.45, 2.75) is 52.1 Å². The lowest BCUT2D eigenvalue weighted by atomic mass is 10.2. The van der Waals surface area contributed by atoms with Crippen LogP contribution in [-0.4, -0.2) is 34.2 Å². The molecule has 10 nitrogen and oxygen atoms in total. The van der Waals surface area contributed by atoms with Crippen LogP contribution >= 0.6 is 11.6 Å². The number of aromatic amines is 1. The average Bonchev–Trinajstić information content (AvgIpc) is 3.40. The molecule has 0 unspecified atom stereocenters. The van der Waals surface area contributed by atoms with Crippen LogP contribution in [0, 0.1) is 5.95 Å². The lowest BCUT2D eigenvalue weighted by molar-refractivity contribution is 0.418. The first-order chi connectivity index (χ1) is 15.5. The summed E-state index contributed by atoms with van der Waals surface area (Å²) in [6, 6.07) is 4.32. The van der Waals surface area contributed by atoms with Gasteiger partial charge in [-0.25, -0.2) is 9.78 Å². The largest absolute Gasteiger partial charge is 0.332 e. The van der Waals surface area contributed by atoms with Gasteiger partial charge >= 0.3 is 5.69 Å². The molecule has 1 N–H and O–H groups in total. The van der Waals surface area contributed by atoms with E-state index in [4.69, 9.17) is 16.1 Å². The van der Waals surface area contributed by atoms with Crippen LogP contribution in [-0.2, 0) is 19.5 Å². The van der Waals surface area contributed by atoms with Gasteiger partial charge in [0.2, 0.25) is 11.2 Å². The van der Waals surface area contributed by atoms with Gasteiger partial charge in [-0.2, -0.15) is 14.4 Å². The zero-order valence-corrected chi connectivity index (χ0v) is 18.1. The molecule has 0 spiro atoms. The van der Waals surface area contributed by atoms with Gasteiger partial charge in [0.15, 0.2) is 17.0 Å². The summed E-state index contributed by atoms with van der Waals surface area (Å²) < 4.78 is 21.1. The highest BCUT2D eigenvalue weighted by atomic mass is 35.5. The van der Waals surface area contributed by atoms with Crippen molar-refractivity contribution in [3.05, 3.63) is 56.1 Å². The Morgan fingerprint density at radius 1 is 1.09 bits per heavy atom. The van der Waals surface area contributed by atoms with E-state index in [0.29, 0.717) is 31.6 Å². The monoisotopic (exact) mass is 461 g/mol. The Morgan fingerprint density at radius 3 is 2.69 bits per heavy atom. The Kier molecular flexibility index (Phi) is 6.45. The highest BCUT2D eigenvalue weighted by molar-refractivity contribution is 6.28. The van der Waals surface area contributed by atoms with Crippen molar-refractivity contribution in [1.82, 2.24) is 34.2 Å². The highest BCUT2D eigenvalue weighted by Gasteiger charge is 2.17. The normalized spacial score (nSPS) is 11.5. The minimum atomic E-state index is -0.632. The molecule has 0 bridgehead atoms. The van der Waals surface area contributed by atoms with E-state index in [1.807, 2.05) is 6.92 Å². The molecule has 0 amide bonds. The Morgan fingerprint density at radius 2 is 1.91 bits per heavy atom. The summed E-state index contributed by atoms with van der Waals surface area (Å²) in [6.45, 7) is 2.70. The Hall–Kier alpha value is -3.34. The van der Waals surface area contributed by atoms with Crippen molar-refractivity contribution in [3.8, 4) is 11.6 Å². The summed E-state index contributed by atoms with van der Waals surface area (Å²) in [7, 11) is 0. The maximum absolute atomic E-state index is 13.3. The second-order valence-electron chi connectivity index (χ2n) is 7.29. The molecular formula is C20H21ClFN7O3. The summed E-state index contributed by atoms with van der Waals surface area (Å²) in [5.74, 6) is -0.0570. The SMILES string of the molecule is CCCCn1c(=O)n(CCCCc2noc(-c3cccc(F)n3)n2)c(=O)c2[nH]c(Cl)nc21. The zero-order chi connectivity index (χ0) is 22.7. The molecule has 0 saturated heterocycles. The quantitative estimate of drug-likeness (QED) is 0.231. The molecule has 0 aliphatic carbocycles. The molecule has 12 heteroatoms. The fraction of sp³-hybridized carbons (Fsp3) is 0.400. The zero-order valence-electron chi connectivity index (χ0n) is 17.3. The third kappa shape index (κ3) is 4.47. The third-order valence-corrected chi connectivity index (χ3v) is 5.18. The molecule has 32 heavy (non-hydrogen) atoms. The van der Waals surface area contributed by atoms with E-state index < -0.39 is 17.2 Å². The molecule has 4 aromatic heterocycles. The lowest BCUT2D eigenvalue weighted by Gasteiger charge is -2.10. The number of nitrogens with zero attached hydrogens (tertiary/aromatic N) is 6. The topological polar surface area (TPSA) is 124 Å². The van der Waals surface area contributed by atoms with Crippen LogP contribution in [0.4, 0.5) is 4.39 Å². The van der Waals surface area contributed by atoms with E-state index in [2.05, 4.69) is 25.1 Å². The molecule has 0 aromatic carbocycles. The maximum Gasteiger partial charge on any atom is 0.332 e. The molecule has 4 rings (SSSR count). The van der Waals surface area contributed by atoms with Crippen LogP contribution < -0.4 is 11.2 Å². The van der Waals surface area contributed by atoms with Gasteiger partial charge in [-0.3, -0.25) is 13.9 Å². The highest BCUT2D eigenvalue weighted by Crippen LogP contribution is 2.15. The van der Waals surface area contributed by atoms with Gasteiger partial charge in [0.25, 0.3) is 11.4 Å². The van der Waals surface area contributed by atoms with Gasteiger partial charge in [-0.15, -0.1) is 0 Å². The number of halogens is 2. The summed E-state index contributed by atoms with van der Waals surface area (Å²) >= 11 is 5.94. The van der Waals surface area contributed by atoms with Gasteiger partial charge < -0.3 is 9.51 Å². The van der Waals surface area contributed by atoms with Crippen molar-refractivity contribution in [2.75, 3.05) is 0 Å². The van der Waals surface area contributed by atoms with E-state index in [9.17, 15) is 14.0 Å². The number of hydrogen-bond acceptors (Lipinski definition) is 7. The number of aryl methyl sites for hydroxylation is 2. The number of hydrogen-bond donors (Lipinski definition) is 1. The predicted molar refractivity (Wildman–Crippen MR) is 115 cm³/mol.